The van der Waals surface area contributed by atoms with Crippen LogP contribution in [0.3, 0.4) is 0 Å². The van der Waals surface area contributed by atoms with Gasteiger partial charge in [0.15, 0.2) is 0 Å². The molecule has 1 amide bonds. The van der Waals surface area contributed by atoms with E-state index < -0.39 is 23.9 Å². The number of nitrogens with one attached hydrogen (secondary N) is 1. The van der Waals surface area contributed by atoms with Crippen LogP contribution in [0.15, 0.2) is 30.6 Å². The molecule has 1 aliphatic carbocycles. The topological polar surface area (TPSA) is 72.4 Å². The van der Waals surface area contributed by atoms with Crippen LogP contribution in [0.4, 0.5) is 8.78 Å². The summed E-state index contributed by atoms with van der Waals surface area (Å²) in [7, 11) is 0. The van der Waals surface area contributed by atoms with Gasteiger partial charge in [0.1, 0.15) is 11.7 Å². The van der Waals surface area contributed by atoms with Crippen molar-refractivity contribution < 1.29 is 13.6 Å². The molecule has 9 heteroatoms. The zero-order valence-electron chi connectivity index (χ0n) is 15.1. The molecule has 0 aromatic carbocycles. The van der Waals surface area contributed by atoms with Crippen molar-refractivity contribution in [1.29, 1.82) is 0 Å². The Hall–Kier alpha value is -2.03. The van der Waals surface area contributed by atoms with Gasteiger partial charge in [0.2, 0.25) is 0 Å². The molecule has 5 nitrogen and oxygen atoms in total. The van der Waals surface area contributed by atoms with Gasteiger partial charge >= 0.3 is 0 Å². The lowest BCUT2D eigenvalue weighted by molar-refractivity contribution is -0.0674. The SMILES string of the molecule is Cc1sc(C(=O)NC2[C@@H](N)CCCC2(F)F)cc1-c1cnc2cc(Cl)ccn12. The Labute approximate surface area is 169 Å². The fourth-order valence-electron chi connectivity index (χ4n) is 3.64. The van der Waals surface area contributed by atoms with Gasteiger partial charge in [-0.1, -0.05) is 11.6 Å². The number of imidazole rings is 1. The number of hydrogen-bond acceptors (Lipinski definition) is 4. The number of aryl methyl sites for hydroxylation is 1. The van der Waals surface area contributed by atoms with Crippen molar-refractivity contribution in [3.8, 4) is 11.3 Å². The van der Waals surface area contributed by atoms with Crippen LogP contribution >= 0.6 is 22.9 Å². The van der Waals surface area contributed by atoms with Gasteiger partial charge in [-0.3, -0.25) is 9.20 Å². The largest absolute Gasteiger partial charge is 0.341 e. The average Bonchev–Trinajstić information content (AvgIpc) is 3.20. The number of halogens is 3. The number of amides is 1. The van der Waals surface area contributed by atoms with Crippen molar-refractivity contribution in [2.75, 3.05) is 0 Å². The van der Waals surface area contributed by atoms with E-state index in [1.54, 1.807) is 30.6 Å². The second-order valence-electron chi connectivity index (χ2n) is 7.07. The number of carbonyl (C=O) groups is 1. The molecule has 0 spiro atoms. The highest BCUT2D eigenvalue weighted by molar-refractivity contribution is 7.14. The number of nitrogens with zero attached hydrogens (tertiary/aromatic N) is 2. The van der Waals surface area contributed by atoms with Crippen LogP contribution in [0.2, 0.25) is 5.02 Å². The Morgan fingerprint density at radius 2 is 2.25 bits per heavy atom. The quantitative estimate of drug-likeness (QED) is 0.659. The normalized spacial score (nSPS) is 21.8. The molecule has 0 saturated heterocycles. The standard InChI is InChI=1S/C19H19ClF2N4OS/c1-10-12(14-9-24-16-7-11(20)4-6-26(14)16)8-15(28-10)18(27)25-17-13(23)3-2-5-19(17,21)22/h4,6-9,13,17H,2-3,5,23H2,1H3,(H,25,27)/t13-,17?/m0/s1. The first-order chi connectivity index (χ1) is 13.3. The van der Waals surface area contributed by atoms with Crippen LogP contribution < -0.4 is 11.1 Å². The molecule has 148 valence electrons. The molecule has 0 radical (unpaired) electrons. The predicted molar refractivity (Wildman–Crippen MR) is 106 cm³/mol. The molecule has 3 heterocycles. The number of hydrogen-bond donors (Lipinski definition) is 2. The number of nitrogens with two attached hydrogens (primary N) is 1. The summed E-state index contributed by atoms with van der Waals surface area (Å²) in [6.07, 6.45) is 4.08. The third kappa shape index (κ3) is 3.40. The third-order valence-electron chi connectivity index (χ3n) is 5.11. The monoisotopic (exact) mass is 424 g/mol. The van der Waals surface area contributed by atoms with E-state index in [1.165, 1.54) is 11.3 Å². The minimum Gasteiger partial charge on any atom is -0.341 e. The Morgan fingerprint density at radius 3 is 3.00 bits per heavy atom. The van der Waals surface area contributed by atoms with E-state index in [4.69, 9.17) is 17.3 Å². The van der Waals surface area contributed by atoms with Crippen molar-refractivity contribution in [2.24, 2.45) is 5.73 Å². The molecule has 2 atom stereocenters. The molecular weight excluding hydrogens is 406 g/mol. The molecule has 0 bridgehead atoms. The second-order valence-corrected chi connectivity index (χ2v) is 8.76. The van der Waals surface area contributed by atoms with Gasteiger partial charge < -0.3 is 11.1 Å². The van der Waals surface area contributed by atoms with Crippen molar-refractivity contribution in [2.45, 2.75) is 44.2 Å². The van der Waals surface area contributed by atoms with Crippen molar-refractivity contribution >= 4 is 34.5 Å². The summed E-state index contributed by atoms with van der Waals surface area (Å²) in [6.45, 7) is 1.88. The number of rotatable bonds is 3. The van der Waals surface area contributed by atoms with Gasteiger partial charge in [-0.05, 0) is 31.9 Å². The summed E-state index contributed by atoms with van der Waals surface area (Å²) in [5.74, 6) is -3.53. The average molecular weight is 425 g/mol. The smallest absolute Gasteiger partial charge is 0.269 e. The van der Waals surface area contributed by atoms with Crippen LogP contribution in [0.25, 0.3) is 16.9 Å². The first kappa shape index (κ1) is 19.3. The molecular formula is C19H19ClF2N4OS. The molecule has 4 rings (SSSR count). The fourth-order valence-corrected chi connectivity index (χ4v) is 4.72. The molecule has 1 fully saturated rings. The number of pyridine rings is 1. The highest BCUT2D eigenvalue weighted by Crippen LogP contribution is 2.35. The van der Waals surface area contributed by atoms with Gasteiger partial charge in [-0.2, -0.15) is 0 Å². The van der Waals surface area contributed by atoms with Crippen molar-refractivity contribution in [1.82, 2.24) is 14.7 Å². The first-order valence-electron chi connectivity index (χ1n) is 8.94. The first-order valence-corrected chi connectivity index (χ1v) is 10.1. The van der Waals surface area contributed by atoms with Gasteiger partial charge in [-0.15, -0.1) is 11.3 Å². The van der Waals surface area contributed by atoms with Crippen LogP contribution in [0.1, 0.15) is 33.8 Å². The number of alkyl halides is 2. The van der Waals surface area contributed by atoms with E-state index in [-0.39, 0.29) is 6.42 Å². The summed E-state index contributed by atoms with van der Waals surface area (Å²) >= 11 is 7.26. The zero-order valence-corrected chi connectivity index (χ0v) is 16.7. The number of fused-ring (bicyclic) bond motifs is 1. The van der Waals surface area contributed by atoms with E-state index in [0.717, 1.165) is 16.1 Å². The lowest BCUT2D eigenvalue weighted by atomic mass is 9.87. The number of thiophene rings is 1. The van der Waals surface area contributed by atoms with Crippen molar-refractivity contribution in [3.63, 3.8) is 0 Å². The summed E-state index contributed by atoms with van der Waals surface area (Å²) < 4.78 is 30.3. The Morgan fingerprint density at radius 1 is 1.46 bits per heavy atom. The number of aromatic nitrogens is 2. The highest BCUT2D eigenvalue weighted by atomic mass is 35.5. The predicted octanol–water partition coefficient (Wildman–Crippen LogP) is 4.27. The molecule has 1 saturated carbocycles. The van der Waals surface area contributed by atoms with Crippen LogP contribution in [-0.2, 0) is 0 Å². The van der Waals surface area contributed by atoms with Crippen molar-refractivity contribution in [3.05, 3.63) is 45.4 Å². The lowest BCUT2D eigenvalue weighted by Crippen LogP contribution is -2.59. The van der Waals surface area contributed by atoms with E-state index in [9.17, 15) is 13.6 Å². The van der Waals surface area contributed by atoms with Gasteiger partial charge in [0.25, 0.3) is 11.8 Å². The minimum atomic E-state index is -3.00. The van der Waals surface area contributed by atoms with Crippen LogP contribution in [0.5, 0.6) is 0 Å². The van der Waals surface area contributed by atoms with Crippen LogP contribution in [0, 0.1) is 6.92 Å². The molecule has 0 aliphatic heterocycles. The maximum absolute atomic E-state index is 14.2. The summed E-state index contributed by atoms with van der Waals surface area (Å²) in [5.41, 5.74) is 8.17. The highest BCUT2D eigenvalue weighted by Gasteiger charge is 2.46. The zero-order chi connectivity index (χ0) is 20.1. The molecule has 28 heavy (non-hydrogen) atoms. The summed E-state index contributed by atoms with van der Waals surface area (Å²) in [4.78, 5) is 18.3. The molecule has 3 aromatic heterocycles. The molecule has 1 unspecified atom stereocenters. The van der Waals surface area contributed by atoms with E-state index >= 15 is 0 Å². The van der Waals surface area contributed by atoms with E-state index in [2.05, 4.69) is 10.3 Å². The molecule has 1 aliphatic rings. The van der Waals surface area contributed by atoms with Gasteiger partial charge in [0, 0.05) is 40.2 Å². The Bertz CT molecular complexity index is 1050. The van der Waals surface area contributed by atoms with Gasteiger partial charge in [-0.25, -0.2) is 13.8 Å². The maximum atomic E-state index is 14.2. The molecule has 3 aromatic rings. The Kier molecular flexibility index (Phi) is 4.89. The third-order valence-corrected chi connectivity index (χ3v) is 6.39. The molecule has 3 N–H and O–H groups in total. The number of carbonyl (C=O) groups excluding carboxylic acids is 1. The second kappa shape index (κ2) is 7.09. The minimum absolute atomic E-state index is 0.259. The van der Waals surface area contributed by atoms with E-state index in [1.807, 2.05) is 11.3 Å². The van der Waals surface area contributed by atoms with E-state index in [0.29, 0.717) is 28.4 Å². The van der Waals surface area contributed by atoms with Gasteiger partial charge in [0.05, 0.1) is 16.8 Å². The fraction of sp³-hybridized carbons (Fsp3) is 0.368. The summed E-state index contributed by atoms with van der Waals surface area (Å²) in [6, 6.07) is 3.10. The van der Waals surface area contributed by atoms with Crippen LogP contribution in [-0.4, -0.2) is 33.3 Å². The Balaban J connectivity index is 1.63. The summed E-state index contributed by atoms with van der Waals surface area (Å²) in [5, 5.41) is 3.04. The maximum Gasteiger partial charge on any atom is 0.269 e. The lowest BCUT2D eigenvalue weighted by Gasteiger charge is -2.36.